The van der Waals surface area contributed by atoms with Gasteiger partial charge in [-0.1, -0.05) is 44.2 Å². The average Bonchev–Trinajstić information content (AvgIpc) is 2.34. The Morgan fingerprint density at radius 1 is 1.29 bits per heavy atom. The van der Waals surface area contributed by atoms with E-state index in [1.165, 1.54) is 0 Å². The van der Waals surface area contributed by atoms with Crippen LogP contribution >= 0.6 is 0 Å². The van der Waals surface area contributed by atoms with Crippen LogP contribution in [0, 0.1) is 5.92 Å². The quantitative estimate of drug-likeness (QED) is 0.771. The summed E-state index contributed by atoms with van der Waals surface area (Å²) in [6, 6.07) is 10.2. The summed E-state index contributed by atoms with van der Waals surface area (Å²) in [4.78, 5) is 4.33. The van der Waals surface area contributed by atoms with Gasteiger partial charge in [0.2, 0.25) is 0 Å². The molecule has 0 atom stereocenters. The van der Waals surface area contributed by atoms with Gasteiger partial charge in [-0.05, 0) is 24.5 Å². The molecule has 92 valence electrons. The summed E-state index contributed by atoms with van der Waals surface area (Å²) in [5.41, 5.74) is 3.32. The monoisotopic (exact) mass is 230 g/mol. The van der Waals surface area contributed by atoms with Crippen molar-refractivity contribution < 1.29 is 0 Å². The van der Waals surface area contributed by atoms with Crippen LogP contribution in [-0.2, 0) is 0 Å². The third kappa shape index (κ3) is 4.85. The highest BCUT2D eigenvalue weighted by Crippen LogP contribution is 2.04. The summed E-state index contributed by atoms with van der Waals surface area (Å²) in [6.07, 6.45) is 2.09. The molecule has 2 nitrogen and oxygen atoms in total. The lowest BCUT2D eigenvalue weighted by Crippen LogP contribution is -2.18. The fourth-order valence-electron chi connectivity index (χ4n) is 1.51. The van der Waals surface area contributed by atoms with Crippen LogP contribution in [0.15, 0.2) is 47.1 Å². The van der Waals surface area contributed by atoms with Gasteiger partial charge in [-0.2, -0.15) is 0 Å². The van der Waals surface area contributed by atoms with Crippen LogP contribution in [0.5, 0.6) is 0 Å². The van der Waals surface area contributed by atoms with Crippen LogP contribution in [0.4, 0.5) is 0 Å². The highest BCUT2D eigenvalue weighted by Gasteiger charge is 1.99. The molecule has 0 saturated heterocycles. The van der Waals surface area contributed by atoms with Gasteiger partial charge >= 0.3 is 0 Å². The molecule has 0 radical (unpaired) electrons. The van der Waals surface area contributed by atoms with Crippen molar-refractivity contribution in [1.82, 2.24) is 5.32 Å². The smallest absolute Gasteiger partial charge is 0.0660 e. The normalized spacial score (nSPS) is 13.0. The molecule has 0 amide bonds. The Morgan fingerprint density at radius 2 is 1.94 bits per heavy atom. The van der Waals surface area contributed by atoms with Crippen molar-refractivity contribution in [3.8, 4) is 0 Å². The van der Waals surface area contributed by atoms with E-state index in [9.17, 15) is 0 Å². The first-order valence-electron chi connectivity index (χ1n) is 6.08. The molecule has 1 N–H and O–H groups in total. The molecule has 0 heterocycles. The van der Waals surface area contributed by atoms with E-state index in [2.05, 4.69) is 49.3 Å². The fraction of sp³-hybridized carbons (Fsp3) is 0.400. The van der Waals surface area contributed by atoms with E-state index in [-0.39, 0.29) is 0 Å². The lowest BCUT2D eigenvalue weighted by molar-refractivity contribution is 0.596. The predicted octanol–water partition coefficient (Wildman–Crippen LogP) is 3.25. The van der Waals surface area contributed by atoms with Crippen molar-refractivity contribution in [3.63, 3.8) is 0 Å². The first-order chi connectivity index (χ1) is 8.13. The molecule has 0 fully saturated rings. The summed E-state index contributed by atoms with van der Waals surface area (Å²) in [6.45, 7) is 7.48. The van der Waals surface area contributed by atoms with Gasteiger partial charge in [0.05, 0.1) is 5.71 Å². The number of hydrogen-bond donors (Lipinski definition) is 1. The van der Waals surface area contributed by atoms with Gasteiger partial charge in [-0.15, -0.1) is 0 Å². The molecule has 1 aromatic carbocycles. The number of aliphatic imine (C=N–C) groups is 1. The first kappa shape index (κ1) is 13.5. The molecule has 1 rings (SSSR count). The van der Waals surface area contributed by atoms with Gasteiger partial charge in [0, 0.05) is 19.3 Å². The summed E-state index contributed by atoms with van der Waals surface area (Å²) >= 11 is 0. The standard InChI is InChI=1S/C15H22N2/c1-12(2)11-17-13(3)10-15(16-4)14-8-6-5-7-9-14/h5-10,12,17H,11H2,1-4H3. The van der Waals surface area contributed by atoms with E-state index in [0.29, 0.717) is 5.92 Å². The van der Waals surface area contributed by atoms with Crippen molar-refractivity contribution in [2.75, 3.05) is 13.6 Å². The molecule has 0 aliphatic heterocycles. The molecule has 0 aliphatic carbocycles. The molecule has 0 aromatic heterocycles. The molecule has 0 unspecified atom stereocenters. The molecule has 0 spiro atoms. The summed E-state index contributed by atoms with van der Waals surface area (Å²) in [5, 5.41) is 3.40. The van der Waals surface area contributed by atoms with Crippen LogP contribution in [-0.4, -0.2) is 19.3 Å². The average molecular weight is 230 g/mol. The van der Waals surface area contributed by atoms with Gasteiger partial charge in [0.15, 0.2) is 0 Å². The zero-order valence-corrected chi connectivity index (χ0v) is 11.2. The van der Waals surface area contributed by atoms with Crippen molar-refractivity contribution in [1.29, 1.82) is 0 Å². The Morgan fingerprint density at radius 3 is 2.47 bits per heavy atom. The molecule has 0 bridgehead atoms. The van der Waals surface area contributed by atoms with Crippen molar-refractivity contribution in [3.05, 3.63) is 47.7 Å². The van der Waals surface area contributed by atoms with Crippen LogP contribution < -0.4 is 5.32 Å². The number of hydrogen-bond acceptors (Lipinski definition) is 2. The van der Waals surface area contributed by atoms with Gasteiger partial charge in [-0.3, -0.25) is 4.99 Å². The largest absolute Gasteiger partial charge is 0.388 e. The van der Waals surface area contributed by atoms with Gasteiger partial charge in [0.25, 0.3) is 0 Å². The highest BCUT2D eigenvalue weighted by atomic mass is 14.9. The van der Waals surface area contributed by atoms with Crippen LogP contribution in [0.25, 0.3) is 0 Å². The Labute approximate surface area is 104 Å². The second-order valence-electron chi connectivity index (χ2n) is 4.58. The lowest BCUT2D eigenvalue weighted by atomic mass is 10.1. The van der Waals surface area contributed by atoms with Gasteiger partial charge in [-0.25, -0.2) is 0 Å². The van der Waals surface area contributed by atoms with Crippen LogP contribution in [0.3, 0.4) is 0 Å². The summed E-state index contributed by atoms with van der Waals surface area (Å²) in [7, 11) is 1.83. The third-order valence-electron chi connectivity index (χ3n) is 2.45. The molecule has 17 heavy (non-hydrogen) atoms. The van der Waals surface area contributed by atoms with E-state index in [1.807, 2.05) is 25.2 Å². The Balaban J connectivity index is 2.74. The number of nitrogens with zero attached hydrogens (tertiary/aromatic N) is 1. The second-order valence-corrected chi connectivity index (χ2v) is 4.58. The Bertz CT molecular complexity index is 389. The minimum Gasteiger partial charge on any atom is -0.388 e. The Hall–Kier alpha value is -1.57. The number of benzene rings is 1. The van der Waals surface area contributed by atoms with Crippen molar-refractivity contribution in [2.45, 2.75) is 20.8 Å². The minimum absolute atomic E-state index is 0.650. The maximum atomic E-state index is 4.33. The SMILES string of the molecule is CN=C(C=C(C)NCC(C)C)c1ccccc1. The van der Waals surface area contributed by atoms with E-state index < -0.39 is 0 Å². The molecular weight excluding hydrogens is 208 g/mol. The van der Waals surface area contributed by atoms with E-state index >= 15 is 0 Å². The number of rotatable bonds is 5. The third-order valence-corrected chi connectivity index (χ3v) is 2.45. The van der Waals surface area contributed by atoms with E-state index in [0.717, 1.165) is 23.5 Å². The molecule has 2 heteroatoms. The molecular formula is C15H22N2. The highest BCUT2D eigenvalue weighted by molar-refractivity contribution is 6.08. The summed E-state index contributed by atoms with van der Waals surface area (Å²) in [5.74, 6) is 0.650. The number of allylic oxidation sites excluding steroid dienone is 2. The van der Waals surface area contributed by atoms with Crippen molar-refractivity contribution >= 4 is 5.71 Å². The topological polar surface area (TPSA) is 24.4 Å². The zero-order valence-electron chi connectivity index (χ0n) is 11.2. The predicted molar refractivity (Wildman–Crippen MR) is 75.5 cm³/mol. The van der Waals surface area contributed by atoms with E-state index in [1.54, 1.807) is 0 Å². The van der Waals surface area contributed by atoms with Crippen LogP contribution in [0.2, 0.25) is 0 Å². The fourth-order valence-corrected chi connectivity index (χ4v) is 1.51. The molecule has 0 aliphatic rings. The summed E-state index contributed by atoms with van der Waals surface area (Å²) < 4.78 is 0. The maximum Gasteiger partial charge on any atom is 0.0660 e. The zero-order chi connectivity index (χ0) is 12.7. The second kappa shape index (κ2) is 6.89. The maximum absolute atomic E-state index is 4.33. The van der Waals surface area contributed by atoms with Crippen LogP contribution in [0.1, 0.15) is 26.3 Å². The van der Waals surface area contributed by atoms with Crippen molar-refractivity contribution in [2.24, 2.45) is 10.9 Å². The minimum atomic E-state index is 0.650. The number of nitrogens with one attached hydrogen (secondary N) is 1. The first-order valence-corrected chi connectivity index (χ1v) is 6.08. The molecule has 1 aromatic rings. The Kier molecular flexibility index (Phi) is 5.47. The van der Waals surface area contributed by atoms with Gasteiger partial charge < -0.3 is 5.32 Å². The molecule has 0 saturated carbocycles. The lowest BCUT2D eigenvalue weighted by Gasteiger charge is -2.10. The van der Waals surface area contributed by atoms with Gasteiger partial charge in [0.1, 0.15) is 0 Å². The van der Waals surface area contributed by atoms with E-state index in [4.69, 9.17) is 0 Å².